The fraction of sp³-hybridized carbons (Fsp3) is 0. The summed E-state index contributed by atoms with van der Waals surface area (Å²) in [7, 11) is 0. The number of thiophene rings is 2. The van der Waals surface area contributed by atoms with Crippen molar-refractivity contribution in [2.75, 3.05) is 0 Å². The summed E-state index contributed by atoms with van der Waals surface area (Å²) in [6.07, 6.45) is 8.36. The van der Waals surface area contributed by atoms with Crippen LogP contribution in [0.4, 0.5) is 0 Å². The Kier molecular flexibility index (Phi) is 3.33. The number of allylic oxidation sites excluding steroid dienone is 2. The molecule has 0 spiro atoms. The van der Waals surface area contributed by atoms with E-state index in [4.69, 9.17) is 0 Å². The molecule has 0 radical (unpaired) electrons. The molecule has 14 heavy (non-hydrogen) atoms. The van der Waals surface area contributed by atoms with E-state index >= 15 is 0 Å². The minimum absolute atomic E-state index is 1.27. The molecule has 2 rings (SSSR count). The predicted molar refractivity (Wildman–Crippen MR) is 66.7 cm³/mol. The van der Waals surface area contributed by atoms with Crippen LogP contribution in [-0.4, -0.2) is 0 Å². The van der Waals surface area contributed by atoms with Crippen LogP contribution in [0, 0.1) is 0 Å². The van der Waals surface area contributed by atoms with E-state index in [0.29, 0.717) is 0 Å². The Bertz CT molecular complexity index is 363. The van der Waals surface area contributed by atoms with Crippen LogP contribution in [-0.2, 0) is 0 Å². The lowest BCUT2D eigenvalue weighted by atomic mass is 10.2. The minimum atomic E-state index is 1.27. The summed E-state index contributed by atoms with van der Waals surface area (Å²) in [5, 5.41) is 8.44. The maximum absolute atomic E-state index is 2.13. The number of hydrogen-bond acceptors (Lipinski definition) is 2. The second-order valence-electron chi connectivity index (χ2n) is 2.83. The highest BCUT2D eigenvalue weighted by atomic mass is 32.1. The minimum Gasteiger partial charge on any atom is -0.152 e. The van der Waals surface area contributed by atoms with Crippen LogP contribution in [0.15, 0.2) is 45.8 Å². The van der Waals surface area contributed by atoms with Gasteiger partial charge in [-0.15, -0.1) is 0 Å². The molecule has 0 nitrogen and oxygen atoms in total. The second kappa shape index (κ2) is 4.94. The molecule has 0 aliphatic heterocycles. The molecule has 2 heterocycles. The van der Waals surface area contributed by atoms with Gasteiger partial charge >= 0.3 is 0 Å². The Balaban J connectivity index is 1.94. The van der Waals surface area contributed by atoms with Gasteiger partial charge in [-0.1, -0.05) is 24.3 Å². The lowest BCUT2D eigenvalue weighted by Gasteiger charge is -1.81. The molecular formula is C12H10S2. The first-order valence-corrected chi connectivity index (χ1v) is 6.23. The van der Waals surface area contributed by atoms with E-state index in [1.807, 2.05) is 0 Å². The average Bonchev–Trinajstić information content (AvgIpc) is 2.86. The molecule has 2 aromatic rings. The summed E-state index contributed by atoms with van der Waals surface area (Å²) in [5.74, 6) is 0. The van der Waals surface area contributed by atoms with Crippen molar-refractivity contribution in [1.82, 2.24) is 0 Å². The summed E-state index contributed by atoms with van der Waals surface area (Å²) >= 11 is 3.44. The molecule has 0 aromatic carbocycles. The predicted octanol–water partition coefficient (Wildman–Crippen LogP) is 4.54. The van der Waals surface area contributed by atoms with Crippen molar-refractivity contribution in [3.63, 3.8) is 0 Å². The lowest BCUT2D eigenvalue weighted by Crippen LogP contribution is -1.59. The summed E-state index contributed by atoms with van der Waals surface area (Å²) in [6.45, 7) is 0. The van der Waals surface area contributed by atoms with Crippen molar-refractivity contribution < 1.29 is 0 Å². The Morgan fingerprint density at radius 3 is 1.64 bits per heavy atom. The highest BCUT2D eigenvalue weighted by Crippen LogP contribution is 2.09. The van der Waals surface area contributed by atoms with E-state index in [0.717, 1.165) is 0 Å². The van der Waals surface area contributed by atoms with E-state index in [1.165, 1.54) is 11.1 Å². The van der Waals surface area contributed by atoms with Crippen LogP contribution in [0.3, 0.4) is 0 Å². The van der Waals surface area contributed by atoms with E-state index in [-0.39, 0.29) is 0 Å². The van der Waals surface area contributed by atoms with Gasteiger partial charge in [-0.2, -0.15) is 22.7 Å². The van der Waals surface area contributed by atoms with Gasteiger partial charge in [-0.3, -0.25) is 0 Å². The van der Waals surface area contributed by atoms with Crippen molar-refractivity contribution in [2.24, 2.45) is 0 Å². The van der Waals surface area contributed by atoms with Gasteiger partial charge in [0.2, 0.25) is 0 Å². The largest absolute Gasteiger partial charge is 0.152 e. The van der Waals surface area contributed by atoms with Crippen LogP contribution in [0.5, 0.6) is 0 Å². The smallest absolute Gasteiger partial charge is 0.00208 e. The third-order valence-electron chi connectivity index (χ3n) is 1.77. The van der Waals surface area contributed by atoms with Gasteiger partial charge in [0.15, 0.2) is 0 Å². The van der Waals surface area contributed by atoms with Crippen molar-refractivity contribution >= 4 is 34.8 Å². The molecule has 0 aliphatic rings. The van der Waals surface area contributed by atoms with Gasteiger partial charge < -0.3 is 0 Å². The molecule has 0 bridgehead atoms. The van der Waals surface area contributed by atoms with Crippen LogP contribution >= 0.6 is 22.7 Å². The topological polar surface area (TPSA) is 0 Å². The third kappa shape index (κ3) is 2.69. The molecule has 0 saturated carbocycles. The maximum Gasteiger partial charge on any atom is -0.00208 e. The Hall–Kier alpha value is -1.12. The second-order valence-corrected chi connectivity index (χ2v) is 4.39. The van der Waals surface area contributed by atoms with E-state index < -0.39 is 0 Å². The Labute approximate surface area is 91.8 Å². The van der Waals surface area contributed by atoms with Crippen molar-refractivity contribution in [2.45, 2.75) is 0 Å². The summed E-state index contributed by atoms with van der Waals surface area (Å²) < 4.78 is 0. The quantitative estimate of drug-likeness (QED) is 0.664. The maximum atomic E-state index is 2.13. The average molecular weight is 218 g/mol. The SMILES string of the molecule is C(/C=C/c1ccsc1)=C\c1ccsc1. The fourth-order valence-electron chi connectivity index (χ4n) is 1.07. The van der Waals surface area contributed by atoms with Crippen molar-refractivity contribution in [3.8, 4) is 0 Å². The molecule has 0 fully saturated rings. The molecule has 0 unspecified atom stereocenters. The lowest BCUT2D eigenvalue weighted by molar-refractivity contribution is 1.85. The van der Waals surface area contributed by atoms with Crippen LogP contribution in [0.2, 0.25) is 0 Å². The van der Waals surface area contributed by atoms with Gasteiger partial charge in [0.25, 0.3) is 0 Å². The van der Waals surface area contributed by atoms with Crippen molar-refractivity contribution in [3.05, 3.63) is 56.9 Å². The summed E-state index contributed by atoms with van der Waals surface area (Å²) in [4.78, 5) is 0. The summed E-state index contributed by atoms with van der Waals surface area (Å²) in [6, 6.07) is 4.22. The molecule has 0 saturated heterocycles. The first kappa shape index (κ1) is 9.44. The zero-order valence-corrected chi connectivity index (χ0v) is 9.22. The molecule has 70 valence electrons. The first-order chi connectivity index (χ1) is 6.95. The standard InChI is InChI=1S/C12H10S2/c1(3-11-5-7-13-9-11)2-4-12-6-8-14-10-12/h1-10H/b3-1+,4-2+. The fourth-order valence-corrected chi connectivity index (χ4v) is 2.33. The number of rotatable bonds is 3. The highest BCUT2D eigenvalue weighted by molar-refractivity contribution is 7.08. The van der Waals surface area contributed by atoms with E-state index in [2.05, 4.69) is 58.0 Å². The molecule has 0 amide bonds. The van der Waals surface area contributed by atoms with E-state index in [1.54, 1.807) is 22.7 Å². The molecule has 2 aromatic heterocycles. The van der Waals surface area contributed by atoms with Gasteiger partial charge in [0.1, 0.15) is 0 Å². The molecule has 0 atom stereocenters. The van der Waals surface area contributed by atoms with Crippen LogP contribution < -0.4 is 0 Å². The normalized spacial score (nSPS) is 11.7. The monoisotopic (exact) mass is 218 g/mol. The first-order valence-electron chi connectivity index (χ1n) is 4.34. The third-order valence-corrected chi connectivity index (χ3v) is 3.18. The molecule has 0 aliphatic carbocycles. The molecular weight excluding hydrogens is 208 g/mol. The van der Waals surface area contributed by atoms with Gasteiger partial charge in [0.05, 0.1) is 0 Å². The van der Waals surface area contributed by atoms with Crippen LogP contribution in [0.25, 0.3) is 12.2 Å². The zero-order chi connectivity index (χ0) is 9.64. The van der Waals surface area contributed by atoms with Gasteiger partial charge in [0, 0.05) is 0 Å². The van der Waals surface area contributed by atoms with Gasteiger partial charge in [-0.25, -0.2) is 0 Å². The van der Waals surface area contributed by atoms with Crippen molar-refractivity contribution in [1.29, 1.82) is 0 Å². The Morgan fingerprint density at radius 2 is 1.29 bits per heavy atom. The number of hydrogen-bond donors (Lipinski definition) is 0. The summed E-state index contributed by atoms with van der Waals surface area (Å²) in [5.41, 5.74) is 2.54. The zero-order valence-electron chi connectivity index (χ0n) is 7.59. The van der Waals surface area contributed by atoms with E-state index in [9.17, 15) is 0 Å². The van der Waals surface area contributed by atoms with Gasteiger partial charge in [-0.05, 0) is 44.8 Å². The molecule has 2 heteroatoms. The molecule has 0 N–H and O–H groups in total. The van der Waals surface area contributed by atoms with Crippen LogP contribution in [0.1, 0.15) is 11.1 Å². The highest BCUT2D eigenvalue weighted by Gasteiger charge is 1.84. The Morgan fingerprint density at radius 1 is 0.786 bits per heavy atom.